The van der Waals surface area contributed by atoms with Crippen molar-refractivity contribution in [3.63, 3.8) is 0 Å². The van der Waals surface area contributed by atoms with Gasteiger partial charge in [0.15, 0.2) is 0 Å². The molecular formula is C23H33NO5S. The number of ether oxygens (including phenoxy) is 2. The molecule has 1 N–H and O–H groups in total. The van der Waals surface area contributed by atoms with E-state index < -0.39 is 15.4 Å². The fourth-order valence-electron chi connectivity index (χ4n) is 6.01. The Labute approximate surface area is 179 Å². The van der Waals surface area contributed by atoms with E-state index in [0.29, 0.717) is 38.5 Å². The third-order valence-electron chi connectivity index (χ3n) is 8.36. The fraction of sp³-hybridized carbons (Fsp3) is 0.696. The number of Topliss-reactive ketones (excluding diaryl/α,β-unsaturated/α-hetero) is 1. The fourth-order valence-corrected chi connectivity index (χ4v) is 7.93. The Morgan fingerprint density at radius 2 is 1.80 bits per heavy atom. The molecule has 30 heavy (non-hydrogen) atoms. The van der Waals surface area contributed by atoms with Crippen molar-refractivity contribution in [2.24, 2.45) is 16.7 Å². The van der Waals surface area contributed by atoms with E-state index in [9.17, 15) is 13.2 Å². The van der Waals surface area contributed by atoms with E-state index in [1.165, 1.54) is 0 Å². The zero-order valence-electron chi connectivity index (χ0n) is 18.2. The lowest BCUT2D eigenvalue weighted by atomic mass is 9.70. The number of carbonyl (C=O) groups is 1. The van der Waals surface area contributed by atoms with Crippen molar-refractivity contribution in [1.82, 2.24) is 4.72 Å². The van der Waals surface area contributed by atoms with Gasteiger partial charge >= 0.3 is 0 Å². The van der Waals surface area contributed by atoms with E-state index in [-0.39, 0.29) is 22.4 Å². The molecule has 1 aromatic rings. The van der Waals surface area contributed by atoms with Gasteiger partial charge in [-0.25, -0.2) is 13.1 Å². The van der Waals surface area contributed by atoms with Gasteiger partial charge in [0.05, 0.1) is 12.9 Å². The Hall–Kier alpha value is -1.44. The average Bonchev–Trinajstić information content (AvgIpc) is 3.07. The number of hydrogen-bond acceptors (Lipinski definition) is 5. The van der Waals surface area contributed by atoms with Crippen LogP contribution < -0.4 is 9.46 Å². The number of benzene rings is 1. The smallest absolute Gasteiger partial charge is 0.212 e. The second-order valence-corrected chi connectivity index (χ2v) is 11.7. The van der Waals surface area contributed by atoms with Crippen molar-refractivity contribution in [3.8, 4) is 5.75 Å². The summed E-state index contributed by atoms with van der Waals surface area (Å²) in [6, 6.07) is 7.86. The highest BCUT2D eigenvalue weighted by Crippen LogP contribution is 2.64. The molecule has 166 valence electrons. The van der Waals surface area contributed by atoms with Gasteiger partial charge < -0.3 is 9.47 Å². The van der Waals surface area contributed by atoms with E-state index in [1.54, 1.807) is 7.11 Å². The van der Waals surface area contributed by atoms with Crippen molar-refractivity contribution < 1.29 is 22.7 Å². The van der Waals surface area contributed by atoms with E-state index in [1.807, 2.05) is 24.3 Å². The number of methoxy groups -OCH3 is 1. The summed E-state index contributed by atoms with van der Waals surface area (Å²) in [6.07, 6.45) is 3.65. The summed E-state index contributed by atoms with van der Waals surface area (Å²) < 4.78 is 40.1. The van der Waals surface area contributed by atoms with E-state index in [4.69, 9.17) is 9.47 Å². The molecule has 4 rings (SSSR count). The van der Waals surface area contributed by atoms with E-state index in [2.05, 4.69) is 18.6 Å². The van der Waals surface area contributed by atoms with Crippen LogP contribution in [0.3, 0.4) is 0 Å². The predicted molar refractivity (Wildman–Crippen MR) is 115 cm³/mol. The molecule has 1 aliphatic heterocycles. The summed E-state index contributed by atoms with van der Waals surface area (Å²) in [6.45, 7) is 5.67. The maximum Gasteiger partial charge on any atom is 0.212 e. The van der Waals surface area contributed by atoms with Gasteiger partial charge in [0.1, 0.15) is 11.5 Å². The van der Waals surface area contributed by atoms with E-state index in [0.717, 1.165) is 30.6 Å². The van der Waals surface area contributed by atoms with Crippen LogP contribution in [0.2, 0.25) is 0 Å². The lowest BCUT2D eigenvalue weighted by Crippen LogP contribution is -2.49. The molecule has 7 heteroatoms. The molecule has 6 nitrogen and oxygen atoms in total. The third-order valence-corrected chi connectivity index (χ3v) is 9.82. The normalized spacial score (nSPS) is 29.8. The van der Waals surface area contributed by atoms with Gasteiger partial charge in [-0.3, -0.25) is 4.79 Å². The Kier molecular flexibility index (Phi) is 5.52. The summed E-state index contributed by atoms with van der Waals surface area (Å²) in [5.74, 6) is 1.11. The second kappa shape index (κ2) is 7.61. The van der Waals surface area contributed by atoms with Gasteiger partial charge in [-0.1, -0.05) is 26.0 Å². The molecule has 3 fully saturated rings. The minimum atomic E-state index is -3.61. The summed E-state index contributed by atoms with van der Waals surface area (Å²) in [5.41, 5.74) is -0.231. The van der Waals surface area contributed by atoms with Crippen LogP contribution in [-0.4, -0.2) is 46.8 Å². The second-order valence-electron chi connectivity index (χ2n) is 9.87. The number of nitrogens with one attached hydrogen (secondary N) is 1. The zero-order chi connectivity index (χ0) is 21.6. The monoisotopic (exact) mass is 435 g/mol. The minimum absolute atomic E-state index is 0.0997. The Morgan fingerprint density at radius 3 is 2.33 bits per heavy atom. The van der Waals surface area contributed by atoms with Crippen molar-refractivity contribution >= 4 is 15.8 Å². The molecule has 1 heterocycles. The first kappa shape index (κ1) is 21.8. The lowest BCUT2D eigenvalue weighted by Gasteiger charge is -2.39. The molecule has 2 atom stereocenters. The first-order valence-electron chi connectivity index (χ1n) is 10.9. The largest absolute Gasteiger partial charge is 0.497 e. The molecule has 2 bridgehead atoms. The highest BCUT2D eigenvalue weighted by molar-refractivity contribution is 7.89. The molecule has 0 radical (unpaired) electrons. The van der Waals surface area contributed by atoms with Crippen molar-refractivity contribution in [2.45, 2.75) is 51.4 Å². The van der Waals surface area contributed by atoms with Gasteiger partial charge in [-0.05, 0) is 54.7 Å². The molecule has 0 aromatic heterocycles. The number of rotatable bonds is 7. The molecule has 0 amide bonds. The van der Waals surface area contributed by atoms with Crippen LogP contribution in [-0.2, 0) is 25.0 Å². The predicted octanol–water partition coefficient (Wildman–Crippen LogP) is 3.06. The first-order chi connectivity index (χ1) is 14.1. The number of hydrogen-bond donors (Lipinski definition) is 1. The van der Waals surface area contributed by atoms with Gasteiger partial charge in [0, 0.05) is 37.0 Å². The van der Waals surface area contributed by atoms with Crippen molar-refractivity contribution in [2.75, 3.05) is 32.6 Å². The van der Waals surface area contributed by atoms with Crippen LogP contribution in [0.15, 0.2) is 24.3 Å². The van der Waals surface area contributed by atoms with Crippen LogP contribution in [0.4, 0.5) is 0 Å². The lowest BCUT2D eigenvalue weighted by molar-refractivity contribution is -0.128. The highest BCUT2D eigenvalue weighted by atomic mass is 32.2. The minimum Gasteiger partial charge on any atom is -0.497 e. The zero-order valence-corrected chi connectivity index (χ0v) is 19.0. The van der Waals surface area contributed by atoms with Crippen molar-refractivity contribution in [3.05, 3.63) is 29.8 Å². The molecule has 1 saturated heterocycles. The topological polar surface area (TPSA) is 81.7 Å². The summed E-state index contributed by atoms with van der Waals surface area (Å²) >= 11 is 0. The van der Waals surface area contributed by atoms with Gasteiger partial charge in [-0.2, -0.15) is 0 Å². The molecule has 2 saturated carbocycles. The summed E-state index contributed by atoms with van der Waals surface area (Å²) in [5, 5.41) is 0. The highest BCUT2D eigenvalue weighted by Gasteiger charge is 2.65. The van der Waals surface area contributed by atoms with Gasteiger partial charge in [0.25, 0.3) is 0 Å². The van der Waals surface area contributed by atoms with Crippen LogP contribution in [0.25, 0.3) is 0 Å². The van der Waals surface area contributed by atoms with Gasteiger partial charge in [0.2, 0.25) is 10.0 Å². The van der Waals surface area contributed by atoms with Crippen LogP contribution in [0.1, 0.15) is 51.5 Å². The number of sulfonamides is 1. The van der Waals surface area contributed by atoms with Crippen LogP contribution in [0, 0.1) is 16.7 Å². The third kappa shape index (κ3) is 3.49. The maximum atomic E-state index is 13.2. The first-order valence-corrected chi connectivity index (χ1v) is 12.5. The quantitative estimate of drug-likeness (QED) is 0.712. The molecule has 1 aromatic carbocycles. The molecular weight excluding hydrogens is 402 g/mol. The van der Waals surface area contributed by atoms with Crippen LogP contribution in [0.5, 0.6) is 5.75 Å². The number of fused-ring (bicyclic) bond motifs is 2. The Morgan fingerprint density at radius 1 is 1.13 bits per heavy atom. The Bertz CT molecular complexity index is 902. The number of ketones is 1. The maximum absolute atomic E-state index is 13.2. The van der Waals surface area contributed by atoms with Crippen molar-refractivity contribution in [1.29, 1.82) is 0 Å². The Balaban J connectivity index is 1.54. The SMILES string of the molecule is COc1ccc(C2(CNS(=O)(=O)C[C@]34CC[C@@H](CC3=O)C4(C)C)CCOCC2)cc1. The number of carbonyl (C=O) groups excluding carboxylic acids is 1. The van der Waals surface area contributed by atoms with Crippen LogP contribution >= 0.6 is 0 Å². The summed E-state index contributed by atoms with van der Waals surface area (Å²) in [4.78, 5) is 12.8. The van der Waals surface area contributed by atoms with E-state index >= 15 is 0 Å². The molecule has 0 spiro atoms. The molecule has 3 aliphatic rings. The summed E-state index contributed by atoms with van der Waals surface area (Å²) in [7, 11) is -1.98. The molecule has 2 aliphatic carbocycles. The standard InChI is InChI=1S/C23H33NO5S/c1-21(2)18-8-9-23(21,20(25)14-18)16-30(26,27)24-15-22(10-12-29-13-11-22)17-4-6-19(28-3)7-5-17/h4-7,18,24H,8-16H2,1-3H3/t18-,23+/m0/s1. The van der Waals surface area contributed by atoms with Gasteiger partial charge in [-0.15, -0.1) is 0 Å². The molecule has 0 unspecified atom stereocenters. The average molecular weight is 436 g/mol.